The van der Waals surface area contributed by atoms with Gasteiger partial charge in [0.25, 0.3) is 0 Å². The summed E-state index contributed by atoms with van der Waals surface area (Å²) >= 11 is 0. The molecule has 2 N–H and O–H groups in total. The molecule has 1 aliphatic carbocycles. The number of rotatable bonds is 6. The predicted octanol–water partition coefficient (Wildman–Crippen LogP) is 2.52. The molecule has 0 spiro atoms. The number of aromatic nitrogens is 2. The SMILES string of the molecule is COc1ccc2nc(C)nc(NCC3(CCO)CC3)c2c1. The van der Waals surface area contributed by atoms with Crippen molar-refractivity contribution in [2.75, 3.05) is 25.6 Å². The van der Waals surface area contributed by atoms with Gasteiger partial charge in [-0.3, -0.25) is 0 Å². The lowest BCUT2D eigenvalue weighted by molar-refractivity contribution is 0.253. The van der Waals surface area contributed by atoms with Gasteiger partial charge in [0.2, 0.25) is 0 Å². The van der Waals surface area contributed by atoms with Crippen molar-refractivity contribution in [1.29, 1.82) is 0 Å². The lowest BCUT2D eigenvalue weighted by Gasteiger charge is -2.16. The van der Waals surface area contributed by atoms with Crippen molar-refractivity contribution in [1.82, 2.24) is 9.97 Å². The fraction of sp³-hybridized carbons (Fsp3) is 0.500. The lowest BCUT2D eigenvalue weighted by Crippen LogP contribution is -2.18. The zero-order chi connectivity index (χ0) is 14.9. The number of ether oxygens (including phenoxy) is 1. The molecule has 0 saturated heterocycles. The summed E-state index contributed by atoms with van der Waals surface area (Å²) in [6, 6.07) is 5.82. The molecule has 1 aliphatic rings. The van der Waals surface area contributed by atoms with Crippen molar-refractivity contribution in [2.45, 2.75) is 26.2 Å². The fourth-order valence-electron chi connectivity index (χ4n) is 2.69. The van der Waals surface area contributed by atoms with E-state index in [1.54, 1.807) is 7.11 Å². The number of benzene rings is 1. The first-order valence-electron chi connectivity index (χ1n) is 7.33. The molecule has 5 nitrogen and oxygen atoms in total. The molecule has 0 radical (unpaired) electrons. The highest BCUT2D eigenvalue weighted by Gasteiger charge is 2.41. The van der Waals surface area contributed by atoms with Gasteiger partial charge in [0.15, 0.2) is 0 Å². The van der Waals surface area contributed by atoms with Crippen LogP contribution in [0.1, 0.15) is 25.1 Å². The highest BCUT2D eigenvalue weighted by atomic mass is 16.5. The number of aryl methyl sites for hydroxylation is 1. The molecule has 0 bridgehead atoms. The van der Waals surface area contributed by atoms with Crippen LogP contribution >= 0.6 is 0 Å². The van der Waals surface area contributed by atoms with Crippen molar-refractivity contribution in [2.24, 2.45) is 5.41 Å². The van der Waals surface area contributed by atoms with Crippen molar-refractivity contribution in [3.63, 3.8) is 0 Å². The van der Waals surface area contributed by atoms with Gasteiger partial charge in [-0.05, 0) is 49.8 Å². The number of hydrogen-bond donors (Lipinski definition) is 2. The van der Waals surface area contributed by atoms with Gasteiger partial charge in [-0.1, -0.05) is 0 Å². The second-order valence-electron chi connectivity index (χ2n) is 5.83. The van der Waals surface area contributed by atoms with E-state index in [-0.39, 0.29) is 12.0 Å². The Bertz CT molecular complexity index is 653. The maximum atomic E-state index is 9.15. The third kappa shape index (κ3) is 2.93. The van der Waals surface area contributed by atoms with E-state index in [1.807, 2.05) is 25.1 Å². The molecule has 1 heterocycles. The Labute approximate surface area is 124 Å². The monoisotopic (exact) mass is 287 g/mol. The Balaban J connectivity index is 1.89. The molecule has 0 amide bonds. The normalized spacial score (nSPS) is 16.0. The summed E-state index contributed by atoms with van der Waals surface area (Å²) in [5, 5.41) is 13.6. The van der Waals surface area contributed by atoms with Crippen LogP contribution in [-0.4, -0.2) is 35.3 Å². The summed E-state index contributed by atoms with van der Waals surface area (Å²) in [4.78, 5) is 8.99. The van der Waals surface area contributed by atoms with E-state index < -0.39 is 0 Å². The van der Waals surface area contributed by atoms with Crippen LogP contribution < -0.4 is 10.1 Å². The summed E-state index contributed by atoms with van der Waals surface area (Å²) < 4.78 is 5.29. The summed E-state index contributed by atoms with van der Waals surface area (Å²) in [6.45, 7) is 2.99. The third-order valence-electron chi connectivity index (χ3n) is 4.24. The van der Waals surface area contributed by atoms with Crippen molar-refractivity contribution < 1.29 is 9.84 Å². The van der Waals surface area contributed by atoms with Gasteiger partial charge in [-0.15, -0.1) is 0 Å². The van der Waals surface area contributed by atoms with Gasteiger partial charge < -0.3 is 15.2 Å². The number of fused-ring (bicyclic) bond motifs is 1. The van der Waals surface area contributed by atoms with E-state index >= 15 is 0 Å². The number of nitrogens with zero attached hydrogens (tertiary/aromatic N) is 2. The van der Waals surface area contributed by atoms with Gasteiger partial charge in [0.1, 0.15) is 17.4 Å². The van der Waals surface area contributed by atoms with Crippen molar-refractivity contribution in [3.8, 4) is 5.75 Å². The van der Waals surface area contributed by atoms with E-state index in [2.05, 4.69) is 15.3 Å². The van der Waals surface area contributed by atoms with Crippen LogP contribution in [0.2, 0.25) is 0 Å². The van der Waals surface area contributed by atoms with Crippen molar-refractivity contribution >= 4 is 16.7 Å². The molecule has 1 aromatic heterocycles. The zero-order valence-corrected chi connectivity index (χ0v) is 12.5. The first kappa shape index (κ1) is 14.1. The average Bonchev–Trinajstić information content (AvgIpc) is 3.25. The van der Waals surface area contributed by atoms with E-state index in [1.165, 1.54) is 12.8 Å². The van der Waals surface area contributed by atoms with Crippen LogP contribution in [-0.2, 0) is 0 Å². The van der Waals surface area contributed by atoms with Gasteiger partial charge in [0, 0.05) is 18.5 Å². The average molecular weight is 287 g/mol. The first-order chi connectivity index (χ1) is 10.2. The minimum absolute atomic E-state index is 0.249. The second kappa shape index (κ2) is 5.48. The summed E-state index contributed by atoms with van der Waals surface area (Å²) in [6.07, 6.45) is 3.20. The first-order valence-corrected chi connectivity index (χ1v) is 7.33. The molecule has 1 fully saturated rings. The third-order valence-corrected chi connectivity index (χ3v) is 4.24. The van der Waals surface area contributed by atoms with E-state index in [9.17, 15) is 0 Å². The summed E-state index contributed by atoms with van der Waals surface area (Å²) in [5.41, 5.74) is 1.16. The van der Waals surface area contributed by atoms with Crippen LogP contribution in [0.3, 0.4) is 0 Å². The smallest absolute Gasteiger partial charge is 0.137 e. The van der Waals surface area contributed by atoms with Gasteiger partial charge in [-0.2, -0.15) is 0 Å². The van der Waals surface area contributed by atoms with Gasteiger partial charge in [0.05, 0.1) is 12.6 Å². The van der Waals surface area contributed by atoms with Gasteiger partial charge in [-0.25, -0.2) is 9.97 Å². The number of nitrogens with one attached hydrogen (secondary N) is 1. The highest BCUT2D eigenvalue weighted by Crippen LogP contribution is 2.48. The van der Waals surface area contributed by atoms with Crippen LogP contribution in [0, 0.1) is 12.3 Å². The minimum Gasteiger partial charge on any atom is -0.497 e. The molecular formula is C16H21N3O2. The molecule has 2 aromatic rings. The molecule has 0 atom stereocenters. The van der Waals surface area contributed by atoms with E-state index in [0.717, 1.165) is 41.3 Å². The number of anilines is 1. The topological polar surface area (TPSA) is 67.3 Å². The Morgan fingerprint density at radius 1 is 1.33 bits per heavy atom. The number of hydrogen-bond acceptors (Lipinski definition) is 5. The van der Waals surface area contributed by atoms with Gasteiger partial charge >= 0.3 is 0 Å². The number of aliphatic hydroxyl groups is 1. The molecule has 5 heteroatoms. The lowest BCUT2D eigenvalue weighted by atomic mass is 10.0. The Hall–Kier alpha value is -1.88. The molecule has 112 valence electrons. The molecule has 0 unspecified atom stereocenters. The number of aliphatic hydroxyl groups excluding tert-OH is 1. The highest BCUT2D eigenvalue weighted by molar-refractivity contribution is 5.90. The summed E-state index contributed by atoms with van der Waals surface area (Å²) in [5.74, 6) is 2.40. The Kier molecular flexibility index (Phi) is 3.68. The molecule has 3 rings (SSSR count). The molecule has 1 saturated carbocycles. The molecule has 21 heavy (non-hydrogen) atoms. The Morgan fingerprint density at radius 3 is 2.81 bits per heavy atom. The maximum Gasteiger partial charge on any atom is 0.137 e. The molecule has 1 aromatic carbocycles. The standard InChI is InChI=1S/C16H21N3O2/c1-11-18-14-4-3-12(21-2)9-13(14)15(19-11)17-10-16(5-6-16)7-8-20/h3-4,9,20H,5-8,10H2,1-2H3,(H,17,18,19). The minimum atomic E-state index is 0.249. The fourth-order valence-corrected chi connectivity index (χ4v) is 2.69. The van der Waals surface area contributed by atoms with E-state index in [4.69, 9.17) is 9.84 Å². The maximum absolute atomic E-state index is 9.15. The van der Waals surface area contributed by atoms with Crippen LogP contribution in [0.25, 0.3) is 10.9 Å². The zero-order valence-electron chi connectivity index (χ0n) is 12.5. The predicted molar refractivity (Wildman–Crippen MR) is 82.7 cm³/mol. The quantitative estimate of drug-likeness (QED) is 0.854. The van der Waals surface area contributed by atoms with Crippen LogP contribution in [0.15, 0.2) is 18.2 Å². The van der Waals surface area contributed by atoms with E-state index in [0.29, 0.717) is 0 Å². The van der Waals surface area contributed by atoms with Crippen LogP contribution in [0.5, 0.6) is 5.75 Å². The Morgan fingerprint density at radius 2 is 2.14 bits per heavy atom. The molecular weight excluding hydrogens is 266 g/mol. The van der Waals surface area contributed by atoms with Crippen LogP contribution in [0.4, 0.5) is 5.82 Å². The number of methoxy groups -OCH3 is 1. The van der Waals surface area contributed by atoms with Crippen molar-refractivity contribution in [3.05, 3.63) is 24.0 Å². The largest absolute Gasteiger partial charge is 0.497 e. The molecule has 0 aliphatic heterocycles. The summed E-state index contributed by atoms with van der Waals surface area (Å²) in [7, 11) is 1.66. The second-order valence-corrected chi connectivity index (χ2v) is 5.83.